The summed E-state index contributed by atoms with van der Waals surface area (Å²) < 4.78 is 0. The van der Waals surface area contributed by atoms with E-state index in [1.807, 2.05) is 0 Å². The second-order valence-electron chi connectivity index (χ2n) is 8.75. The normalized spacial score (nSPS) is 17.0. The van der Waals surface area contributed by atoms with Crippen LogP contribution in [0.15, 0.2) is 9.98 Å². The lowest BCUT2D eigenvalue weighted by atomic mass is 10.1. The van der Waals surface area contributed by atoms with Gasteiger partial charge < -0.3 is 54.4 Å². The van der Waals surface area contributed by atoms with Gasteiger partial charge in [-0.3, -0.25) is 29.2 Å². The molecule has 0 spiro atoms. The van der Waals surface area contributed by atoms with Crippen LogP contribution in [-0.4, -0.2) is 100 Å². The molecule has 1 rings (SSSR count). The zero-order chi connectivity index (χ0) is 28.8. The van der Waals surface area contributed by atoms with E-state index in [2.05, 4.69) is 20.6 Å². The Labute approximate surface area is 219 Å². The quantitative estimate of drug-likeness (QED) is 0.0511. The number of carboxylic acids is 2. The molecule has 0 aromatic rings. The molecule has 17 heteroatoms. The lowest BCUT2D eigenvalue weighted by Crippen LogP contribution is -2.57. The SMILES string of the molecule is NC(N)=NCCCC(N)C(=O)NC(CCCN=C(N)N)C(=O)N1CCCC1C(=O)NC(CC(=O)O)C(=O)O. The third-order valence-corrected chi connectivity index (χ3v) is 5.70. The smallest absolute Gasteiger partial charge is 0.326 e. The number of nitrogens with two attached hydrogens (primary N) is 5. The van der Waals surface area contributed by atoms with Crippen molar-refractivity contribution in [1.29, 1.82) is 0 Å². The van der Waals surface area contributed by atoms with E-state index in [9.17, 15) is 29.1 Å². The van der Waals surface area contributed by atoms with Crippen molar-refractivity contribution in [2.24, 2.45) is 38.7 Å². The summed E-state index contributed by atoms with van der Waals surface area (Å²) in [4.78, 5) is 70.2. The first-order valence-corrected chi connectivity index (χ1v) is 12.1. The van der Waals surface area contributed by atoms with E-state index in [-0.39, 0.29) is 50.8 Å². The van der Waals surface area contributed by atoms with Crippen LogP contribution in [0.4, 0.5) is 0 Å². The summed E-state index contributed by atoms with van der Waals surface area (Å²) >= 11 is 0. The van der Waals surface area contributed by atoms with Crippen LogP contribution in [0.3, 0.4) is 0 Å². The maximum absolute atomic E-state index is 13.4. The second kappa shape index (κ2) is 15.9. The predicted molar refractivity (Wildman–Crippen MR) is 136 cm³/mol. The number of amides is 3. The first kappa shape index (κ1) is 31.9. The van der Waals surface area contributed by atoms with Crippen molar-refractivity contribution in [2.45, 2.75) is 69.1 Å². The van der Waals surface area contributed by atoms with Crippen molar-refractivity contribution in [1.82, 2.24) is 15.5 Å². The molecule has 0 aromatic carbocycles. The van der Waals surface area contributed by atoms with Crippen LogP contribution in [0, 0.1) is 0 Å². The molecule has 0 saturated carbocycles. The van der Waals surface area contributed by atoms with Gasteiger partial charge in [0.25, 0.3) is 0 Å². The van der Waals surface area contributed by atoms with Crippen molar-refractivity contribution in [3.05, 3.63) is 0 Å². The summed E-state index contributed by atoms with van der Waals surface area (Å²) in [6.45, 7) is 0.637. The summed E-state index contributed by atoms with van der Waals surface area (Å²) in [6.07, 6.45) is 0.960. The number of carbonyl (C=O) groups excluding carboxylic acids is 3. The number of nitrogens with zero attached hydrogens (tertiary/aromatic N) is 3. The lowest BCUT2D eigenvalue weighted by Gasteiger charge is -2.30. The zero-order valence-electron chi connectivity index (χ0n) is 21.0. The topological polar surface area (TPSA) is 308 Å². The minimum Gasteiger partial charge on any atom is -0.481 e. The molecule has 4 atom stereocenters. The number of guanidine groups is 2. The number of nitrogens with one attached hydrogen (secondary N) is 2. The maximum Gasteiger partial charge on any atom is 0.326 e. The Morgan fingerprint density at radius 1 is 0.895 bits per heavy atom. The molecule has 14 N–H and O–H groups in total. The third-order valence-electron chi connectivity index (χ3n) is 5.70. The maximum atomic E-state index is 13.4. The first-order chi connectivity index (χ1) is 17.8. The number of aliphatic imine (C=N–C) groups is 2. The Balaban J connectivity index is 2.96. The van der Waals surface area contributed by atoms with Crippen LogP contribution in [0.25, 0.3) is 0 Å². The highest BCUT2D eigenvalue weighted by molar-refractivity contribution is 5.95. The van der Waals surface area contributed by atoms with Gasteiger partial charge in [-0.2, -0.15) is 0 Å². The highest BCUT2D eigenvalue weighted by atomic mass is 16.4. The van der Waals surface area contributed by atoms with Crippen molar-refractivity contribution >= 4 is 41.6 Å². The molecular weight excluding hydrogens is 504 g/mol. The number of carbonyl (C=O) groups is 5. The second-order valence-corrected chi connectivity index (χ2v) is 8.75. The van der Waals surface area contributed by atoms with Crippen LogP contribution in [0.2, 0.25) is 0 Å². The fourth-order valence-corrected chi connectivity index (χ4v) is 3.84. The van der Waals surface area contributed by atoms with Crippen molar-refractivity contribution < 1.29 is 34.2 Å². The Hall–Kier alpha value is -4.15. The predicted octanol–water partition coefficient (Wildman–Crippen LogP) is -4.06. The van der Waals surface area contributed by atoms with Gasteiger partial charge in [0, 0.05) is 19.6 Å². The Morgan fingerprint density at radius 3 is 2.00 bits per heavy atom. The molecule has 17 nitrogen and oxygen atoms in total. The number of rotatable bonds is 16. The molecule has 3 amide bonds. The molecule has 0 bridgehead atoms. The molecule has 1 heterocycles. The van der Waals surface area contributed by atoms with Gasteiger partial charge in [0.15, 0.2) is 11.9 Å². The van der Waals surface area contributed by atoms with E-state index in [4.69, 9.17) is 33.8 Å². The number of hydrogen-bond acceptors (Lipinski definition) is 8. The van der Waals surface area contributed by atoms with E-state index in [0.29, 0.717) is 19.3 Å². The average Bonchev–Trinajstić information content (AvgIpc) is 3.32. The summed E-state index contributed by atoms with van der Waals surface area (Å²) in [5.41, 5.74) is 27.1. The van der Waals surface area contributed by atoms with E-state index in [0.717, 1.165) is 0 Å². The molecule has 1 saturated heterocycles. The molecule has 0 aromatic heterocycles. The van der Waals surface area contributed by atoms with Gasteiger partial charge in [-0.25, -0.2) is 4.79 Å². The Kier molecular flexibility index (Phi) is 13.3. The molecule has 38 heavy (non-hydrogen) atoms. The molecule has 214 valence electrons. The van der Waals surface area contributed by atoms with Gasteiger partial charge in [-0.1, -0.05) is 0 Å². The summed E-state index contributed by atoms with van der Waals surface area (Å²) in [6, 6.07) is -4.72. The van der Waals surface area contributed by atoms with Gasteiger partial charge in [0.1, 0.15) is 18.1 Å². The number of likely N-dealkylation sites (tertiary alicyclic amines) is 1. The Morgan fingerprint density at radius 2 is 1.47 bits per heavy atom. The van der Waals surface area contributed by atoms with Crippen LogP contribution in [-0.2, 0) is 24.0 Å². The molecular formula is C21H38N10O7. The highest BCUT2D eigenvalue weighted by Crippen LogP contribution is 2.20. The van der Waals surface area contributed by atoms with Gasteiger partial charge in [-0.05, 0) is 38.5 Å². The van der Waals surface area contributed by atoms with Crippen LogP contribution in [0.1, 0.15) is 44.9 Å². The summed E-state index contributed by atoms with van der Waals surface area (Å²) in [5.74, 6) is -5.11. The van der Waals surface area contributed by atoms with E-state index < -0.39 is 60.2 Å². The zero-order valence-corrected chi connectivity index (χ0v) is 21.0. The van der Waals surface area contributed by atoms with E-state index >= 15 is 0 Å². The van der Waals surface area contributed by atoms with Gasteiger partial charge in [0.2, 0.25) is 17.7 Å². The first-order valence-electron chi connectivity index (χ1n) is 12.1. The van der Waals surface area contributed by atoms with Crippen molar-refractivity contribution in [2.75, 3.05) is 19.6 Å². The molecule has 1 fully saturated rings. The minimum atomic E-state index is -1.66. The minimum absolute atomic E-state index is 0.0868. The fraction of sp³-hybridized carbons (Fsp3) is 0.667. The molecule has 1 aliphatic rings. The number of carboxylic acid groups (broad SMARTS) is 2. The monoisotopic (exact) mass is 542 g/mol. The summed E-state index contributed by atoms with van der Waals surface area (Å²) in [5, 5.41) is 22.9. The van der Waals surface area contributed by atoms with Crippen molar-refractivity contribution in [3.63, 3.8) is 0 Å². The molecule has 0 radical (unpaired) electrons. The summed E-state index contributed by atoms with van der Waals surface area (Å²) in [7, 11) is 0. The highest BCUT2D eigenvalue weighted by Gasteiger charge is 2.39. The van der Waals surface area contributed by atoms with Gasteiger partial charge in [-0.15, -0.1) is 0 Å². The van der Waals surface area contributed by atoms with Crippen LogP contribution in [0.5, 0.6) is 0 Å². The number of aliphatic carboxylic acids is 2. The average molecular weight is 543 g/mol. The van der Waals surface area contributed by atoms with Gasteiger partial charge >= 0.3 is 11.9 Å². The molecule has 1 aliphatic heterocycles. The van der Waals surface area contributed by atoms with E-state index in [1.165, 1.54) is 4.90 Å². The fourth-order valence-electron chi connectivity index (χ4n) is 3.84. The van der Waals surface area contributed by atoms with Crippen LogP contribution < -0.4 is 39.3 Å². The largest absolute Gasteiger partial charge is 0.481 e. The molecule has 0 aliphatic carbocycles. The van der Waals surface area contributed by atoms with E-state index in [1.54, 1.807) is 0 Å². The standard InChI is InChI=1S/C21H38N10O7/c22-11(4-1-7-27-20(23)24)16(34)29-12(5-2-8-28-21(25)26)18(36)31-9-3-6-14(31)17(35)30-13(19(37)38)10-15(32)33/h11-14H,1-10,22H2,(H,29,34)(H,30,35)(H,32,33)(H,37,38)(H4,23,24,27)(H4,25,26,28). The molecule has 4 unspecified atom stereocenters. The number of hydrogen-bond donors (Lipinski definition) is 9. The lowest BCUT2D eigenvalue weighted by molar-refractivity contribution is -0.148. The van der Waals surface area contributed by atoms with Crippen molar-refractivity contribution in [3.8, 4) is 0 Å². The third kappa shape index (κ3) is 11.3. The van der Waals surface area contributed by atoms with Crippen LogP contribution >= 0.6 is 0 Å². The van der Waals surface area contributed by atoms with Gasteiger partial charge in [0.05, 0.1) is 12.5 Å². The Bertz CT molecular complexity index is 918.